The molecule has 16 heavy (non-hydrogen) atoms. The summed E-state index contributed by atoms with van der Waals surface area (Å²) in [6.07, 6.45) is 6.16. The summed E-state index contributed by atoms with van der Waals surface area (Å²) < 4.78 is 0. The summed E-state index contributed by atoms with van der Waals surface area (Å²) in [5, 5.41) is 3.24. The number of carbonyl (C=O) groups is 1. The van der Waals surface area contributed by atoms with Crippen LogP contribution < -0.4 is 11.1 Å². The molecule has 1 fully saturated rings. The molecule has 3 heteroatoms. The standard InChI is InChI=1S/C13H26N2O/c1-4-13(2,3)10-5-7-11(8-6-10)15-9-12(14)16/h10-11,15H,4-9H2,1-3H3,(H2,14,16). The fraction of sp³-hybridized carbons (Fsp3) is 0.923. The fourth-order valence-electron chi connectivity index (χ4n) is 2.61. The van der Waals surface area contributed by atoms with E-state index in [9.17, 15) is 4.79 Å². The van der Waals surface area contributed by atoms with Crippen molar-refractivity contribution >= 4 is 5.91 Å². The maximum Gasteiger partial charge on any atom is 0.231 e. The molecule has 0 aromatic heterocycles. The third kappa shape index (κ3) is 3.78. The lowest BCUT2D eigenvalue weighted by atomic mass is 9.69. The van der Waals surface area contributed by atoms with Gasteiger partial charge in [-0.1, -0.05) is 27.2 Å². The van der Waals surface area contributed by atoms with E-state index in [0.29, 0.717) is 18.0 Å². The van der Waals surface area contributed by atoms with Gasteiger partial charge in [0.25, 0.3) is 0 Å². The topological polar surface area (TPSA) is 55.1 Å². The van der Waals surface area contributed by atoms with E-state index in [1.165, 1.54) is 32.1 Å². The van der Waals surface area contributed by atoms with E-state index < -0.39 is 0 Å². The van der Waals surface area contributed by atoms with Crippen LogP contribution in [0.5, 0.6) is 0 Å². The molecule has 0 aromatic rings. The Morgan fingerprint density at radius 1 is 1.31 bits per heavy atom. The van der Waals surface area contributed by atoms with E-state index >= 15 is 0 Å². The molecule has 1 rings (SSSR count). The van der Waals surface area contributed by atoms with E-state index in [1.807, 2.05) is 0 Å². The summed E-state index contributed by atoms with van der Waals surface area (Å²) >= 11 is 0. The fourth-order valence-corrected chi connectivity index (χ4v) is 2.61. The van der Waals surface area contributed by atoms with E-state index in [1.54, 1.807) is 0 Å². The second-order valence-corrected chi connectivity index (χ2v) is 5.74. The summed E-state index contributed by atoms with van der Waals surface area (Å²) in [6, 6.07) is 0.497. The first kappa shape index (κ1) is 13.5. The highest BCUT2D eigenvalue weighted by Gasteiger charge is 2.31. The van der Waals surface area contributed by atoms with E-state index in [4.69, 9.17) is 5.73 Å². The highest BCUT2D eigenvalue weighted by molar-refractivity contribution is 5.75. The molecule has 1 saturated carbocycles. The van der Waals surface area contributed by atoms with Gasteiger partial charge < -0.3 is 11.1 Å². The zero-order valence-corrected chi connectivity index (χ0v) is 10.9. The number of carbonyl (C=O) groups excluding carboxylic acids is 1. The van der Waals surface area contributed by atoms with Crippen LogP contribution >= 0.6 is 0 Å². The Morgan fingerprint density at radius 2 is 1.88 bits per heavy atom. The number of primary amides is 1. The Kier molecular flexibility index (Phi) is 4.78. The summed E-state index contributed by atoms with van der Waals surface area (Å²) in [4.78, 5) is 10.7. The molecule has 0 unspecified atom stereocenters. The van der Waals surface area contributed by atoms with Crippen LogP contribution in [0.25, 0.3) is 0 Å². The molecule has 0 radical (unpaired) electrons. The summed E-state index contributed by atoms with van der Waals surface area (Å²) in [6.45, 7) is 7.34. The van der Waals surface area contributed by atoms with Crippen molar-refractivity contribution in [2.24, 2.45) is 17.1 Å². The molecule has 0 aliphatic heterocycles. The molecule has 3 N–H and O–H groups in total. The molecule has 0 bridgehead atoms. The van der Waals surface area contributed by atoms with Gasteiger partial charge in [0.1, 0.15) is 0 Å². The summed E-state index contributed by atoms with van der Waals surface area (Å²) in [5.41, 5.74) is 5.59. The van der Waals surface area contributed by atoms with Crippen LogP contribution in [0.3, 0.4) is 0 Å². The third-order valence-corrected chi connectivity index (χ3v) is 4.31. The lowest BCUT2D eigenvalue weighted by molar-refractivity contribution is -0.117. The Bertz CT molecular complexity index is 230. The number of nitrogens with one attached hydrogen (secondary N) is 1. The normalized spacial score (nSPS) is 26.7. The molecular weight excluding hydrogens is 200 g/mol. The van der Waals surface area contributed by atoms with Gasteiger partial charge in [0.15, 0.2) is 0 Å². The Hall–Kier alpha value is -0.570. The Morgan fingerprint density at radius 3 is 2.31 bits per heavy atom. The van der Waals surface area contributed by atoms with Crippen molar-refractivity contribution in [3.8, 4) is 0 Å². The van der Waals surface area contributed by atoms with Gasteiger partial charge in [-0.25, -0.2) is 0 Å². The van der Waals surface area contributed by atoms with Crippen LogP contribution in [0, 0.1) is 11.3 Å². The lowest BCUT2D eigenvalue weighted by Gasteiger charge is -2.39. The minimum absolute atomic E-state index is 0.254. The number of hydrogen-bond donors (Lipinski definition) is 2. The molecule has 0 heterocycles. The molecule has 1 aliphatic rings. The first-order valence-corrected chi connectivity index (χ1v) is 6.47. The number of nitrogens with two attached hydrogens (primary N) is 1. The highest BCUT2D eigenvalue weighted by Crippen LogP contribution is 2.40. The predicted molar refractivity (Wildman–Crippen MR) is 67.0 cm³/mol. The lowest BCUT2D eigenvalue weighted by Crippen LogP contribution is -2.40. The predicted octanol–water partition coefficient (Wildman–Crippen LogP) is 2.06. The van der Waals surface area contributed by atoms with Crippen molar-refractivity contribution in [3.05, 3.63) is 0 Å². The van der Waals surface area contributed by atoms with Crippen LogP contribution in [0.1, 0.15) is 52.9 Å². The molecule has 0 aromatic carbocycles. The average Bonchev–Trinajstić information content (AvgIpc) is 2.27. The van der Waals surface area contributed by atoms with Crippen molar-refractivity contribution in [2.75, 3.05) is 6.54 Å². The zero-order valence-electron chi connectivity index (χ0n) is 10.9. The first-order chi connectivity index (χ1) is 7.45. The maximum atomic E-state index is 10.7. The molecule has 0 atom stereocenters. The van der Waals surface area contributed by atoms with E-state index in [-0.39, 0.29) is 5.91 Å². The summed E-state index contributed by atoms with van der Waals surface area (Å²) in [5.74, 6) is 0.583. The second kappa shape index (κ2) is 5.67. The van der Waals surface area contributed by atoms with Gasteiger partial charge in [-0.3, -0.25) is 4.79 Å². The van der Waals surface area contributed by atoms with Gasteiger partial charge in [0, 0.05) is 6.04 Å². The molecular formula is C13H26N2O. The van der Waals surface area contributed by atoms with Crippen molar-refractivity contribution in [3.63, 3.8) is 0 Å². The quantitative estimate of drug-likeness (QED) is 0.754. The van der Waals surface area contributed by atoms with Gasteiger partial charge in [0.2, 0.25) is 5.91 Å². The number of hydrogen-bond acceptors (Lipinski definition) is 2. The van der Waals surface area contributed by atoms with Gasteiger partial charge in [-0.05, 0) is 37.0 Å². The van der Waals surface area contributed by atoms with E-state index in [2.05, 4.69) is 26.1 Å². The second-order valence-electron chi connectivity index (χ2n) is 5.74. The Labute approximate surface area is 99.2 Å². The van der Waals surface area contributed by atoms with Crippen LogP contribution in [-0.2, 0) is 4.79 Å². The smallest absolute Gasteiger partial charge is 0.231 e. The molecule has 1 amide bonds. The van der Waals surface area contributed by atoms with E-state index in [0.717, 1.165) is 5.92 Å². The van der Waals surface area contributed by atoms with Crippen molar-refractivity contribution in [1.29, 1.82) is 0 Å². The van der Waals surface area contributed by atoms with Crippen molar-refractivity contribution < 1.29 is 4.79 Å². The van der Waals surface area contributed by atoms with Gasteiger partial charge in [0.05, 0.1) is 6.54 Å². The average molecular weight is 226 g/mol. The van der Waals surface area contributed by atoms with Gasteiger partial charge in [-0.2, -0.15) is 0 Å². The molecule has 0 saturated heterocycles. The van der Waals surface area contributed by atoms with Crippen molar-refractivity contribution in [1.82, 2.24) is 5.32 Å². The maximum absolute atomic E-state index is 10.7. The molecule has 1 aliphatic carbocycles. The number of rotatable bonds is 5. The van der Waals surface area contributed by atoms with Crippen LogP contribution in [-0.4, -0.2) is 18.5 Å². The van der Waals surface area contributed by atoms with Crippen LogP contribution in [0.4, 0.5) is 0 Å². The van der Waals surface area contributed by atoms with Crippen molar-refractivity contribution in [2.45, 2.75) is 58.9 Å². The molecule has 3 nitrogen and oxygen atoms in total. The monoisotopic (exact) mass is 226 g/mol. The van der Waals surface area contributed by atoms with Gasteiger partial charge >= 0.3 is 0 Å². The highest BCUT2D eigenvalue weighted by atomic mass is 16.1. The molecule has 0 spiro atoms. The Balaban J connectivity index is 2.31. The third-order valence-electron chi connectivity index (χ3n) is 4.31. The summed E-state index contributed by atoms with van der Waals surface area (Å²) in [7, 11) is 0. The van der Waals surface area contributed by atoms with Crippen LogP contribution in [0.15, 0.2) is 0 Å². The minimum Gasteiger partial charge on any atom is -0.369 e. The zero-order chi connectivity index (χ0) is 12.2. The molecule has 94 valence electrons. The SMILES string of the molecule is CCC(C)(C)C1CCC(NCC(N)=O)CC1. The first-order valence-electron chi connectivity index (χ1n) is 6.47. The van der Waals surface area contributed by atoms with Gasteiger partial charge in [-0.15, -0.1) is 0 Å². The van der Waals surface area contributed by atoms with Crippen LogP contribution in [0.2, 0.25) is 0 Å². The minimum atomic E-state index is -0.254. The largest absolute Gasteiger partial charge is 0.369 e. The number of amides is 1.